The van der Waals surface area contributed by atoms with E-state index < -0.39 is 30.0 Å². The van der Waals surface area contributed by atoms with Crippen LogP contribution in [0.2, 0.25) is 10.0 Å². The molecule has 2 aromatic rings. The number of carbonyl (C=O) groups is 3. The quantitative estimate of drug-likeness (QED) is 0.627. The Labute approximate surface area is 191 Å². The van der Waals surface area contributed by atoms with E-state index in [0.29, 0.717) is 21.7 Å². The molecular formula is C22H25Cl2N3O4. The fourth-order valence-electron chi connectivity index (χ4n) is 2.96. The molecule has 0 spiro atoms. The van der Waals surface area contributed by atoms with Crippen molar-refractivity contribution in [3.63, 3.8) is 0 Å². The number of benzene rings is 2. The van der Waals surface area contributed by atoms with E-state index in [9.17, 15) is 19.5 Å². The van der Waals surface area contributed by atoms with Crippen molar-refractivity contribution < 1.29 is 25.2 Å². The van der Waals surface area contributed by atoms with E-state index in [4.69, 9.17) is 23.2 Å². The van der Waals surface area contributed by atoms with Gasteiger partial charge in [-0.25, -0.2) is 4.79 Å². The van der Waals surface area contributed by atoms with Crippen molar-refractivity contribution in [1.29, 1.82) is 0 Å². The van der Waals surface area contributed by atoms with Crippen molar-refractivity contribution in [2.75, 3.05) is 0 Å². The summed E-state index contributed by atoms with van der Waals surface area (Å²) < 4.78 is 0. The van der Waals surface area contributed by atoms with Gasteiger partial charge in [-0.1, -0.05) is 47.5 Å². The summed E-state index contributed by atoms with van der Waals surface area (Å²) in [5, 5.41) is 15.2. The second-order valence-electron chi connectivity index (χ2n) is 7.60. The molecule has 2 aromatic carbocycles. The first-order chi connectivity index (χ1) is 14.6. The molecule has 1 saturated heterocycles. The number of rotatable bonds is 6. The van der Waals surface area contributed by atoms with Crippen LogP contribution in [-0.2, 0) is 22.4 Å². The molecule has 9 heteroatoms. The summed E-state index contributed by atoms with van der Waals surface area (Å²) in [6.45, 7) is 4.11. The van der Waals surface area contributed by atoms with Gasteiger partial charge in [0.2, 0.25) is 0 Å². The van der Waals surface area contributed by atoms with Crippen LogP contribution in [0.1, 0.15) is 25.0 Å². The van der Waals surface area contributed by atoms with Gasteiger partial charge in [0.05, 0.1) is 18.1 Å². The number of nitrogens with zero attached hydrogens (tertiary/aromatic N) is 1. The Balaban J connectivity index is 0.000000785. The van der Waals surface area contributed by atoms with Gasteiger partial charge in [-0.15, -0.1) is 0 Å². The molecule has 1 heterocycles. The van der Waals surface area contributed by atoms with E-state index in [1.54, 1.807) is 48.5 Å². The van der Waals surface area contributed by atoms with E-state index in [-0.39, 0.29) is 12.8 Å². The van der Waals surface area contributed by atoms with Crippen LogP contribution in [0.5, 0.6) is 0 Å². The van der Waals surface area contributed by atoms with Crippen molar-refractivity contribution in [2.45, 2.75) is 44.8 Å². The molecule has 3 rings (SSSR count). The number of hydrogen-bond acceptors (Lipinski definition) is 4. The van der Waals surface area contributed by atoms with Crippen LogP contribution in [0, 0.1) is 0 Å². The number of quaternary nitrogens is 1. The highest BCUT2D eigenvalue weighted by Gasteiger charge is 2.42. The van der Waals surface area contributed by atoms with Gasteiger partial charge in [-0.2, -0.15) is 0 Å². The van der Waals surface area contributed by atoms with Gasteiger partial charge in [-0.05, 0) is 55.7 Å². The van der Waals surface area contributed by atoms with Crippen molar-refractivity contribution in [1.82, 2.24) is 10.2 Å². The normalized spacial score (nSPS) is 16.6. The van der Waals surface area contributed by atoms with E-state index >= 15 is 0 Å². The summed E-state index contributed by atoms with van der Waals surface area (Å²) in [5.74, 6) is -2.10. The Morgan fingerprint density at radius 3 is 1.94 bits per heavy atom. The number of carbonyl (C=O) groups excluding carboxylic acids is 3. The predicted octanol–water partition coefficient (Wildman–Crippen LogP) is 1.45. The fourth-order valence-corrected chi connectivity index (χ4v) is 3.21. The summed E-state index contributed by atoms with van der Waals surface area (Å²) in [6, 6.07) is 10.9. The van der Waals surface area contributed by atoms with E-state index in [1.807, 2.05) is 0 Å². The van der Waals surface area contributed by atoms with Crippen molar-refractivity contribution in [2.24, 2.45) is 0 Å². The molecular weight excluding hydrogens is 441 g/mol. The zero-order valence-corrected chi connectivity index (χ0v) is 18.8. The van der Waals surface area contributed by atoms with Gasteiger partial charge < -0.3 is 21.0 Å². The molecule has 0 saturated carbocycles. The Morgan fingerprint density at radius 2 is 1.48 bits per heavy atom. The second-order valence-corrected chi connectivity index (χ2v) is 8.47. The maximum absolute atomic E-state index is 12.7. The molecule has 4 N–H and O–H groups in total. The smallest absolute Gasteiger partial charge is 0.325 e. The molecule has 31 heavy (non-hydrogen) atoms. The maximum Gasteiger partial charge on any atom is 0.325 e. The minimum Gasteiger partial charge on any atom is -0.548 e. The van der Waals surface area contributed by atoms with Crippen LogP contribution in [0.3, 0.4) is 0 Å². The fraction of sp³-hybridized carbons (Fsp3) is 0.318. The first kappa shape index (κ1) is 24.7. The third-order valence-electron chi connectivity index (χ3n) is 4.33. The monoisotopic (exact) mass is 465 g/mol. The Bertz CT molecular complexity index is 915. The summed E-state index contributed by atoms with van der Waals surface area (Å²) in [6.07, 6.45) is 0.172. The van der Waals surface area contributed by atoms with Crippen molar-refractivity contribution in [3.05, 3.63) is 69.7 Å². The Kier molecular flexibility index (Phi) is 8.86. The lowest BCUT2D eigenvalue weighted by molar-refractivity contribution is -0.407. The lowest BCUT2D eigenvalue weighted by atomic mass is 10.0. The maximum atomic E-state index is 12.7. The van der Waals surface area contributed by atoms with Crippen molar-refractivity contribution in [3.8, 4) is 0 Å². The van der Waals surface area contributed by atoms with Gasteiger partial charge >= 0.3 is 6.03 Å². The van der Waals surface area contributed by atoms with Gasteiger partial charge in [0.15, 0.2) is 0 Å². The number of nitrogens with one attached hydrogen (secondary N) is 1. The topological polar surface area (TPSA) is 117 Å². The number of amides is 3. The van der Waals surface area contributed by atoms with Crippen LogP contribution >= 0.6 is 23.2 Å². The molecule has 0 bridgehead atoms. The molecule has 1 fully saturated rings. The van der Waals surface area contributed by atoms with E-state index in [2.05, 4.69) is 24.9 Å². The highest BCUT2D eigenvalue weighted by molar-refractivity contribution is 6.30. The number of aliphatic carboxylic acids is 1. The van der Waals surface area contributed by atoms with Gasteiger partial charge in [-0.3, -0.25) is 9.69 Å². The zero-order chi connectivity index (χ0) is 23.1. The molecule has 0 radical (unpaired) electrons. The molecule has 2 atom stereocenters. The molecule has 2 unspecified atom stereocenters. The summed E-state index contributed by atoms with van der Waals surface area (Å²) in [4.78, 5) is 37.3. The first-order valence-corrected chi connectivity index (χ1v) is 10.5. The SMILES string of the molecule is CC(C)[NH3+].O=C([O-])C(Cc1ccc(Cl)cc1)N1C(=O)NC(Cc2ccc(Cl)cc2)C1=O. The highest BCUT2D eigenvalue weighted by Crippen LogP contribution is 2.19. The van der Waals surface area contributed by atoms with Crippen LogP contribution < -0.4 is 16.2 Å². The minimum atomic E-state index is -1.50. The van der Waals surface area contributed by atoms with Crippen LogP contribution in [-0.4, -0.2) is 40.9 Å². The largest absolute Gasteiger partial charge is 0.548 e. The predicted molar refractivity (Wildman–Crippen MR) is 116 cm³/mol. The number of hydrogen-bond donors (Lipinski definition) is 2. The number of urea groups is 1. The van der Waals surface area contributed by atoms with Crippen LogP contribution in [0.15, 0.2) is 48.5 Å². The van der Waals surface area contributed by atoms with Crippen LogP contribution in [0.4, 0.5) is 4.79 Å². The summed E-state index contributed by atoms with van der Waals surface area (Å²) in [7, 11) is 0. The lowest BCUT2D eigenvalue weighted by Crippen LogP contribution is -2.57. The molecule has 3 amide bonds. The van der Waals surface area contributed by atoms with Gasteiger partial charge in [0.25, 0.3) is 5.91 Å². The molecule has 1 aliphatic rings. The average molecular weight is 466 g/mol. The summed E-state index contributed by atoms with van der Waals surface area (Å²) in [5.41, 5.74) is 5.05. The minimum absolute atomic E-state index is 0.0632. The number of imide groups is 1. The van der Waals surface area contributed by atoms with Crippen LogP contribution in [0.25, 0.3) is 0 Å². The number of carboxylic acids is 1. The molecule has 166 valence electrons. The van der Waals surface area contributed by atoms with Crippen molar-refractivity contribution >= 4 is 41.1 Å². The third kappa shape index (κ3) is 7.24. The van der Waals surface area contributed by atoms with Gasteiger partial charge in [0.1, 0.15) is 6.04 Å². The second kappa shape index (κ2) is 11.1. The molecule has 7 nitrogen and oxygen atoms in total. The number of halogens is 2. The van der Waals surface area contributed by atoms with E-state index in [0.717, 1.165) is 10.5 Å². The first-order valence-electron chi connectivity index (χ1n) is 9.75. The Morgan fingerprint density at radius 1 is 1.03 bits per heavy atom. The standard InChI is InChI=1S/C19H16Cl2N2O4.C3H9N/c20-13-5-1-11(2-6-13)9-15-17(24)23(19(27)22-15)16(18(25)26)10-12-3-7-14(21)8-4-12;1-3(2)4/h1-8,15-16H,9-10H2,(H,22,27)(H,25,26);3H,4H2,1-2H3. The lowest BCUT2D eigenvalue weighted by Gasteiger charge is -2.26. The number of carboxylic acid groups (broad SMARTS) is 1. The molecule has 1 aliphatic heterocycles. The molecule has 0 aliphatic carbocycles. The highest BCUT2D eigenvalue weighted by atomic mass is 35.5. The summed E-state index contributed by atoms with van der Waals surface area (Å²) >= 11 is 11.7. The Hall–Kier alpha value is -2.61. The average Bonchev–Trinajstić information content (AvgIpc) is 2.96. The molecule has 0 aromatic heterocycles. The zero-order valence-electron chi connectivity index (χ0n) is 17.3. The third-order valence-corrected chi connectivity index (χ3v) is 4.84. The van der Waals surface area contributed by atoms with Gasteiger partial charge in [0, 0.05) is 16.5 Å². The van der Waals surface area contributed by atoms with E-state index in [1.165, 1.54) is 0 Å².